The molecular formula is C48H42N4. The molecule has 0 saturated carbocycles. The fourth-order valence-electron chi connectivity index (χ4n) is 8.34. The van der Waals surface area contributed by atoms with Gasteiger partial charge in [0.05, 0.1) is 22.8 Å². The Kier molecular flexibility index (Phi) is 7.96. The average molecular weight is 675 g/mol. The summed E-state index contributed by atoms with van der Waals surface area (Å²) in [6.45, 7) is 9.41. The van der Waals surface area contributed by atoms with Crippen molar-refractivity contribution in [3.63, 3.8) is 0 Å². The molecule has 0 aliphatic carbocycles. The molecule has 4 atom stereocenters. The molecule has 8 bridgehead atoms. The van der Waals surface area contributed by atoms with Crippen LogP contribution in [0.2, 0.25) is 0 Å². The molecule has 4 heteroatoms. The van der Waals surface area contributed by atoms with Gasteiger partial charge in [-0.1, -0.05) is 149 Å². The normalized spacial score (nSPS) is 18.7. The van der Waals surface area contributed by atoms with Crippen molar-refractivity contribution in [1.29, 1.82) is 0 Å². The summed E-state index contributed by atoms with van der Waals surface area (Å²) in [7, 11) is 0. The summed E-state index contributed by atoms with van der Waals surface area (Å²) in [6, 6.07) is 47.4. The molecule has 0 fully saturated rings. The first-order valence-electron chi connectivity index (χ1n) is 18.5. The molecule has 0 saturated heterocycles. The van der Waals surface area contributed by atoms with Gasteiger partial charge in [0, 0.05) is 68.3 Å². The second-order valence-electron chi connectivity index (χ2n) is 14.5. The van der Waals surface area contributed by atoms with Crippen LogP contribution in [0.15, 0.2) is 133 Å². The Hall–Kier alpha value is -6.00. The number of fused-ring (bicyclic) bond motifs is 8. The molecule has 4 nitrogen and oxygen atoms in total. The van der Waals surface area contributed by atoms with Crippen LogP contribution in [-0.2, 0) is 0 Å². The zero-order chi connectivity index (χ0) is 35.3. The molecule has 6 aromatic rings. The highest BCUT2D eigenvalue weighted by atomic mass is 14.8. The monoisotopic (exact) mass is 674 g/mol. The third-order valence-corrected chi connectivity index (χ3v) is 11.5. The van der Waals surface area contributed by atoms with Crippen LogP contribution in [0.3, 0.4) is 0 Å². The quantitative estimate of drug-likeness (QED) is 0.195. The van der Waals surface area contributed by atoms with E-state index in [1.54, 1.807) is 0 Å². The van der Waals surface area contributed by atoms with Crippen LogP contribution in [0, 0.1) is 0 Å². The molecule has 52 heavy (non-hydrogen) atoms. The lowest BCUT2D eigenvalue weighted by Crippen LogP contribution is -2.03. The second-order valence-corrected chi connectivity index (χ2v) is 14.5. The number of hydrogen-bond donors (Lipinski definition) is 2. The maximum atomic E-state index is 5.71. The minimum Gasteiger partial charge on any atom is -0.361 e. The highest BCUT2D eigenvalue weighted by molar-refractivity contribution is 5.94. The van der Waals surface area contributed by atoms with Crippen molar-refractivity contribution >= 4 is 23.2 Å². The first kappa shape index (κ1) is 31.9. The molecule has 0 radical (unpaired) electrons. The van der Waals surface area contributed by atoms with E-state index in [0.717, 1.165) is 67.2 Å². The van der Waals surface area contributed by atoms with Gasteiger partial charge in [0.15, 0.2) is 0 Å². The highest BCUT2D eigenvalue weighted by Gasteiger charge is 2.35. The van der Waals surface area contributed by atoms with Gasteiger partial charge >= 0.3 is 0 Å². The van der Waals surface area contributed by atoms with E-state index in [-0.39, 0.29) is 23.7 Å². The fourth-order valence-corrected chi connectivity index (χ4v) is 8.34. The number of nitrogens with zero attached hydrogens (tertiary/aromatic N) is 2. The van der Waals surface area contributed by atoms with E-state index in [1.165, 1.54) is 22.5 Å². The smallest absolute Gasteiger partial charge is 0.0737 e. The van der Waals surface area contributed by atoms with Crippen LogP contribution >= 0.6 is 0 Å². The van der Waals surface area contributed by atoms with E-state index in [9.17, 15) is 0 Å². The van der Waals surface area contributed by atoms with Crippen molar-refractivity contribution in [3.05, 3.63) is 168 Å². The molecule has 5 heterocycles. The standard InChI is InChI=1S/C48H42N4/c1-29-31(3)47-44(36-23-15-8-16-24-36)48-32(4)30(2)46(52-48)43(35-21-13-7-14-22-35)40-28-26-38(50-40)41(33-17-9-5-10-18-33)37-25-27-39(49-37)42(45(29)51-47)34-19-11-6-12-20-34/h5-32,49,52H,1-4H3. The third kappa shape index (κ3) is 5.29. The van der Waals surface area contributed by atoms with E-state index in [4.69, 9.17) is 9.97 Å². The molecule has 4 unspecified atom stereocenters. The van der Waals surface area contributed by atoms with E-state index in [1.807, 2.05) is 0 Å². The summed E-state index contributed by atoms with van der Waals surface area (Å²) in [4.78, 5) is 19.2. The molecule has 9 rings (SSSR count). The number of H-pyrrole nitrogens is 2. The van der Waals surface area contributed by atoms with Gasteiger partial charge in [-0.25, -0.2) is 4.98 Å². The first-order valence-corrected chi connectivity index (χ1v) is 18.5. The lowest BCUT2D eigenvalue weighted by Gasteiger charge is -2.18. The Bertz CT molecular complexity index is 2510. The largest absolute Gasteiger partial charge is 0.361 e. The Balaban J connectivity index is 1.52. The van der Waals surface area contributed by atoms with Gasteiger partial charge in [-0.05, 0) is 46.5 Å². The Labute approximate surface area is 305 Å². The molecular weight excluding hydrogens is 633 g/mol. The lowest BCUT2D eigenvalue weighted by atomic mass is 9.83. The molecule has 4 aromatic carbocycles. The van der Waals surface area contributed by atoms with Gasteiger partial charge in [0.25, 0.3) is 0 Å². The molecule has 3 aliphatic rings. The van der Waals surface area contributed by atoms with Crippen LogP contribution in [0.4, 0.5) is 0 Å². The second kappa shape index (κ2) is 13.0. The number of aromatic amines is 2. The van der Waals surface area contributed by atoms with Crippen molar-refractivity contribution in [2.75, 3.05) is 0 Å². The van der Waals surface area contributed by atoms with E-state index in [2.05, 4.69) is 183 Å². The summed E-state index contributed by atoms with van der Waals surface area (Å²) in [6.07, 6.45) is 4.38. The van der Waals surface area contributed by atoms with Gasteiger partial charge in [-0.2, -0.15) is 0 Å². The Morgan fingerprint density at radius 3 is 1.27 bits per heavy atom. The zero-order valence-electron chi connectivity index (χ0n) is 30.1. The summed E-state index contributed by atoms with van der Waals surface area (Å²) in [5.41, 5.74) is 17.8. The van der Waals surface area contributed by atoms with Crippen molar-refractivity contribution in [3.8, 4) is 44.5 Å². The fraction of sp³-hybridized carbons (Fsp3) is 0.167. The molecule has 0 amide bonds. The molecule has 254 valence electrons. The summed E-state index contributed by atoms with van der Waals surface area (Å²) in [5, 5.41) is 0. The highest BCUT2D eigenvalue weighted by Crippen LogP contribution is 2.50. The first-order chi connectivity index (χ1) is 25.5. The molecule has 0 spiro atoms. The van der Waals surface area contributed by atoms with Crippen molar-refractivity contribution in [1.82, 2.24) is 19.9 Å². The topological polar surface area (TPSA) is 57.4 Å². The van der Waals surface area contributed by atoms with Crippen LogP contribution < -0.4 is 0 Å². The SMILES string of the molecule is CC1c2nc(c(-c3ccccc3)c3ccc([nH]3)c(-c3ccccc3)c3nc(c(-c4ccccc4)c4[nH]c(c2-c2ccccc2)C(C)C4C)C=C3)C1C. The predicted molar refractivity (Wildman–Crippen MR) is 217 cm³/mol. The number of nitrogens with one attached hydrogen (secondary N) is 2. The van der Waals surface area contributed by atoms with Crippen LogP contribution in [0.25, 0.3) is 67.7 Å². The Morgan fingerprint density at radius 1 is 0.365 bits per heavy atom. The number of benzene rings is 4. The maximum Gasteiger partial charge on any atom is 0.0737 e. The summed E-state index contributed by atoms with van der Waals surface area (Å²) >= 11 is 0. The molecule has 3 aliphatic heterocycles. The van der Waals surface area contributed by atoms with E-state index >= 15 is 0 Å². The van der Waals surface area contributed by atoms with Crippen molar-refractivity contribution < 1.29 is 0 Å². The van der Waals surface area contributed by atoms with Crippen molar-refractivity contribution in [2.45, 2.75) is 51.4 Å². The van der Waals surface area contributed by atoms with Gasteiger partial charge in [-0.3, -0.25) is 4.98 Å². The lowest BCUT2D eigenvalue weighted by molar-refractivity contribution is 0.645. The number of rotatable bonds is 4. The minimum absolute atomic E-state index is 0.187. The predicted octanol–water partition coefficient (Wildman–Crippen LogP) is 12.7. The maximum absolute atomic E-state index is 5.71. The molecule has 2 aromatic heterocycles. The van der Waals surface area contributed by atoms with Gasteiger partial charge < -0.3 is 9.97 Å². The minimum atomic E-state index is 0.187. The van der Waals surface area contributed by atoms with Crippen molar-refractivity contribution in [2.24, 2.45) is 0 Å². The molecule has 2 N–H and O–H groups in total. The third-order valence-electron chi connectivity index (χ3n) is 11.5. The number of aromatic nitrogens is 4. The zero-order valence-corrected chi connectivity index (χ0v) is 30.1. The van der Waals surface area contributed by atoms with Crippen LogP contribution in [0.5, 0.6) is 0 Å². The Morgan fingerprint density at radius 2 is 0.750 bits per heavy atom. The van der Waals surface area contributed by atoms with Gasteiger partial charge in [0.1, 0.15) is 0 Å². The van der Waals surface area contributed by atoms with E-state index < -0.39 is 0 Å². The average Bonchev–Trinajstić information content (AvgIpc) is 3.98. The van der Waals surface area contributed by atoms with E-state index in [0.29, 0.717) is 0 Å². The summed E-state index contributed by atoms with van der Waals surface area (Å²) in [5.74, 6) is 0.815. The van der Waals surface area contributed by atoms with Gasteiger partial charge in [-0.15, -0.1) is 0 Å². The number of hydrogen-bond acceptors (Lipinski definition) is 2. The van der Waals surface area contributed by atoms with Crippen LogP contribution in [0.1, 0.15) is 85.5 Å². The summed E-state index contributed by atoms with van der Waals surface area (Å²) < 4.78 is 0. The van der Waals surface area contributed by atoms with Crippen LogP contribution in [-0.4, -0.2) is 19.9 Å². The van der Waals surface area contributed by atoms with Gasteiger partial charge in [0.2, 0.25) is 0 Å².